The molecule has 0 aliphatic carbocycles. The summed E-state index contributed by atoms with van der Waals surface area (Å²) in [5.41, 5.74) is 5.79. The summed E-state index contributed by atoms with van der Waals surface area (Å²) in [6.45, 7) is 3.61. The van der Waals surface area contributed by atoms with Crippen LogP contribution in [0.4, 0.5) is 5.69 Å². The van der Waals surface area contributed by atoms with Gasteiger partial charge in [0.2, 0.25) is 0 Å². The lowest BCUT2D eigenvalue weighted by atomic mass is 10.1. The largest absolute Gasteiger partial charge is 0.495 e. The Morgan fingerprint density at radius 3 is 2.69 bits per heavy atom. The quantitative estimate of drug-likeness (QED) is 0.467. The number of nitrogens with one attached hydrogen (secondary N) is 1. The first-order valence-corrected chi connectivity index (χ1v) is 5.64. The molecule has 3 N–H and O–H groups in total. The maximum absolute atomic E-state index is 10.7. The maximum Gasteiger partial charge on any atom is 0.141 e. The van der Waals surface area contributed by atoms with E-state index in [1.165, 1.54) is 11.9 Å². The summed E-state index contributed by atoms with van der Waals surface area (Å²) in [4.78, 5) is 11.6. The van der Waals surface area contributed by atoms with Gasteiger partial charge >= 0.3 is 0 Å². The Hall–Kier alpha value is -1.20. The first-order valence-electron chi connectivity index (χ1n) is 4.82. The normalized spacial score (nSPS) is 11.2. The standard InChI is InChI=1S/C11H16N2O2S/c1-11(2,7-14)13-16-8-4-5-10(15-3)9(12)6-8/h4-7,13H,12H2,1-3H3. The maximum atomic E-state index is 10.7. The van der Waals surface area contributed by atoms with Gasteiger partial charge in [-0.2, -0.15) is 0 Å². The minimum absolute atomic E-state index is 0.556. The van der Waals surface area contributed by atoms with Gasteiger partial charge in [-0.05, 0) is 44.0 Å². The number of nitrogen functional groups attached to an aromatic ring is 1. The van der Waals surface area contributed by atoms with Crippen molar-refractivity contribution in [2.45, 2.75) is 24.3 Å². The minimum atomic E-state index is -0.556. The van der Waals surface area contributed by atoms with E-state index in [4.69, 9.17) is 10.5 Å². The van der Waals surface area contributed by atoms with Crippen LogP contribution in [-0.2, 0) is 4.79 Å². The van der Waals surface area contributed by atoms with E-state index >= 15 is 0 Å². The fourth-order valence-electron chi connectivity index (χ4n) is 0.990. The Morgan fingerprint density at radius 1 is 1.50 bits per heavy atom. The SMILES string of the molecule is COc1ccc(SNC(C)(C)C=O)cc1N. The van der Waals surface area contributed by atoms with Gasteiger partial charge in [0.1, 0.15) is 12.0 Å². The number of methoxy groups -OCH3 is 1. The van der Waals surface area contributed by atoms with Crippen LogP contribution in [0.5, 0.6) is 5.75 Å². The smallest absolute Gasteiger partial charge is 0.141 e. The number of hydrogen-bond acceptors (Lipinski definition) is 5. The van der Waals surface area contributed by atoms with Crippen molar-refractivity contribution in [2.24, 2.45) is 0 Å². The molecule has 16 heavy (non-hydrogen) atoms. The summed E-state index contributed by atoms with van der Waals surface area (Å²) in [5, 5.41) is 0. The predicted octanol–water partition coefficient (Wildman–Crippen LogP) is 1.85. The number of hydrogen-bond donors (Lipinski definition) is 2. The number of benzene rings is 1. The molecule has 0 aromatic heterocycles. The molecule has 0 unspecified atom stereocenters. The van der Waals surface area contributed by atoms with E-state index in [-0.39, 0.29) is 0 Å². The molecule has 0 saturated carbocycles. The number of carbonyl (C=O) groups is 1. The molecular weight excluding hydrogens is 224 g/mol. The second-order valence-electron chi connectivity index (χ2n) is 3.95. The molecule has 1 aromatic rings. The minimum Gasteiger partial charge on any atom is -0.495 e. The fourth-order valence-corrected chi connectivity index (χ4v) is 1.74. The molecule has 5 heteroatoms. The third-order valence-electron chi connectivity index (χ3n) is 1.93. The van der Waals surface area contributed by atoms with Crippen molar-refractivity contribution >= 4 is 23.9 Å². The molecule has 4 nitrogen and oxygen atoms in total. The third-order valence-corrected chi connectivity index (χ3v) is 3.05. The highest BCUT2D eigenvalue weighted by Gasteiger charge is 2.15. The number of nitrogens with two attached hydrogens (primary N) is 1. The number of ether oxygens (including phenoxy) is 1. The van der Waals surface area contributed by atoms with Gasteiger partial charge in [-0.15, -0.1) is 0 Å². The Morgan fingerprint density at radius 2 is 2.19 bits per heavy atom. The molecule has 0 fully saturated rings. The number of anilines is 1. The Labute approximate surface area is 99.7 Å². The molecular formula is C11H16N2O2S. The zero-order chi connectivity index (χ0) is 12.2. The van der Waals surface area contributed by atoms with E-state index in [1.54, 1.807) is 33.1 Å². The molecule has 0 aliphatic heterocycles. The zero-order valence-corrected chi connectivity index (χ0v) is 10.4. The van der Waals surface area contributed by atoms with Crippen LogP contribution in [0.2, 0.25) is 0 Å². The van der Waals surface area contributed by atoms with Gasteiger partial charge in [0.05, 0.1) is 18.3 Å². The lowest BCUT2D eigenvalue weighted by Gasteiger charge is -2.18. The van der Waals surface area contributed by atoms with Crippen LogP contribution in [0.15, 0.2) is 23.1 Å². The molecule has 0 amide bonds. The zero-order valence-electron chi connectivity index (χ0n) is 9.61. The van der Waals surface area contributed by atoms with Gasteiger partial charge < -0.3 is 15.3 Å². The van der Waals surface area contributed by atoms with Gasteiger partial charge in [-0.1, -0.05) is 0 Å². The van der Waals surface area contributed by atoms with Crippen LogP contribution < -0.4 is 15.2 Å². The van der Waals surface area contributed by atoms with Gasteiger partial charge in [-0.25, -0.2) is 4.72 Å². The van der Waals surface area contributed by atoms with E-state index < -0.39 is 5.54 Å². The lowest BCUT2D eigenvalue weighted by molar-refractivity contribution is -0.111. The van der Waals surface area contributed by atoms with Crippen molar-refractivity contribution in [2.75, 3.05) is 12.8 Å². The van der Waals surface area contributed by atoms with E-state index in [2.05, 4.69) is 4.72 Å². The summed E-state index contributed by atoms with van der Waals surface area (Å²) >= 11 is 1.37. The summed E-state index contributed by atoms with van der Waals surface area (Å²) in [5.74, 6) is 0.652. The highest BCUT2D eigenvalue weighted by molar-refractivity contribution is 7.97. The topological polar surface area (TPSA) is 64.3 Å². The highest BCUT2D eigenvalue weighted by atomic mass is 32.2. The van der Waals surface area contributed by atoms with Gasteiger partial charge in [-0.3, -0.25) is 0 Å². The van der Waals surface area contributed by atoms with Crippen molar-refractivity contribution in [1.82, 2.24) is 4.72 Å². The third kappa shape index (κ3) is 3.43. The Kier molecular flexibility index (Phi) is 4.20. The van der Waals surface area contributed by atoms with Crippen molar-refractivity contribution < 1.29 is 9.53 Å². The summed E-state index contributed by atoms with van der Waals surface area (Å²) < 4.78 is 8.10. The van der Waals surface area contributed by atoms with Gasteiger partial charge in [0.15, 0.2) is 0 Å². The summed E-state index contributed by atoms with van der Waals surface area (Å²) in [7, 11) is 1.58. The number of carbonyl (C=O) groups excluding carboxylic acids is 1. The van der Waals surface area contributed by atoms with Crippen LogP contribution in [0, 0.1) is 0 Å². The average Bonchev–Trinajstić information content (AvgIpc) is 2.27. The van der Waals surface area contributed by atoms with Crippen LogP contribution >= 0.6 is 11.9 Å². The first-order chi connectivity index (χ1) is 7.48. The first kappa shape index (κ1) is 12.9. The van der Waals surface area contributed by atoms with Crippen molar-refractivity contribution in [1.29, 1.82) is 0 Å². The fraction of sp³-hybridized carbons (Fsp3) is 0.364. The molecule has 88 valence electrons. The van der Waals surface area contributed by atoms with E-state index in [1.807, 2.05) is 6.07 Å². The molecule has 0 bridgehead atoms. The summed E-state index contributed by atoms with van der Waals surface area (Å²) in [6.07, 6.45) is 0.868. The number of aldehydes is 1. The van der Waals surface area contributed by atoms with E-state index in [0.717, 1.165) is 11.2 Å². The van der Waals surface area contributed by atoms with Crippen molar-refractivity contribution in [3.05, 3.63) is 18.2 Å². The number of rotatable bonds is 5. The van der Waals surface area contributed by atoms with E-state index in [9.17, 15) is 4.79 Å². The Bertz CT molecular complexity index is 380. The average molecular weight is 240 g/mol. The molecule has 0 saturated heterocycles. The molecule has 0 aliphatic rings. The molecule has 0 heterocycles. The van der Waals surface area contributed by atoms with Crippen LogP contribution in [0.3, 0.4) is 0 Å². The van der Waals surface area contributed by atoms with Crippen LogP contribution in [0.25, 0.3) is 0 Å². The second-order valence-corrected chi connectivity index (χ2v) is 4.83. The molecule has 1 rings (SSSR count). The van der Waals surface area contributed by atoms with Crippen molar-refractivity contribution in [3.63, 3.8) is 0 Å². The van der Waals surface area contributed by atoms with Gasteiger partial charge in [0, 0.05) is 4.90 Å². The van der Waals surface area contributed by atoms with E-state index in [0.29, 0.717) is 11.4 Å². The molecule has 1 aromatic carbocycles. The lowest BCUT2D eigenvalue weighted by Crippen LogP contribution is -2.35. The molecule has 0 spiro atoms. The Balaban J connectivity index is 2.69. The van der Waals surface area contributed by atoms with Crippen LogP contribution in [-0.4, -0.2) is 18.9 Å². The van der Waals surface area contributed by atoms with Crippen molar-refractivity contribution in [3.8, 4) is 5.75 Å². The molecule has 0 radical (unpaired) electrons. The van der Waals surface area contributed by atoms with Gasteiger partial charge in [0.25, 0.3) is 0 Å². The highest BCUT2D eigenvalue weighted by Crippen LogP contribution is 2.27. The second kappa shape index (κ2) is 5.23. The monoisotopic (exact) mass is 240 g/mol. The predicted molar refractivity (Wildman–Crippen MR) is 66.5 cm³/mol. The van der Waals surface area contributed by atoms with Crippen LogP contribution in [0.1, 0.15) is 13.8 Å². The summed E-state index contributed by atoms with van der Waals surface area (Å²) in [6, 6.07) is 5.48. The molecule has 0 atom stereocenters.